The van der Waals surface area contributed by atoms with E-state index in [-0.39, 0.29) is 0 Å². The molecule has 1 heterocycles. The minimum atomic E-state index is -4.41. The maximum absolute atomic E-state index is 9.22. The van der Waals surface area contributed by atoms with Gasteiger partial charge in [0.05, 0.1) is 7.11 Å². The van der Waals surface area contributed by atoms with Crippen molar-refractivity contribution in [1.82, 2.24) is 0 Å². The standard InChI is InChI=1S/C13H12N.CH4O4S/c1-3-7-13(8-4-1)9-12-14-10-5-2-6-11-14;1-5-6(2,3)4/h1-12H;1H3,(H,2,3,4)/q+1;/p-1. The van der Waals surface area contributed by atoms with Crippen LogP contribution >= 0.6 is 0 Å². The van der Waals surface area contributed by atoms with Crippen molar-refractivity contribution < 1.29 is 21.7 Å². The molecule has 2 rings (SSSR count). The Hall–Kier alpha value is -2.02. The van der Waals surface area contributed by atoms with Gasteiger partial charge >= 0.3 is 0 Å². The van der Waals surface area contributed by atoms with Crippen molar-refractivity contribution in [1.29, 1.82) is 0 Å². The summed E-state index contributed by atoms with van der Waals surface area (Å²) in [5.41, 5.74) is 1.21. The summed E-state index contributed by atoms with van der Waals surface area (Å²) in [4.78, 5) is 0. The van der Waals surface area contributed by atoms with Crippen LogP contribution in [0.3, 0.4) is 0 Å². The van der Waals surface area contributed by atoms with E-state index in [9.17, 15) is 13.0 Å². The van der Waals surface area contributed by atoms with Crippen LogP contribution < -0.4 is 4.57 Å². The van der Waals surface area contributed by atoms with Crippen LogP contribution in [0.2, 0.25) is 0 Å². The van der Waals surface area contributed by atoms with Gasteiger partial charge in [0, 0.05) is 18.2 Å². The van der Waals surface area contributed by atoms with Gasteiger partial charge < -0.3 is 4.55 Å². The van der Waals surface area contributed by atoms with Crippen LogP contribution in [0.4, 0.5) is 0 Å². The summed E-state index contributed by atoms with van der Waals surface area (Å²) >= 11 is 0. The van der Waals surface area contributed by atoms with Crippen molar-refractivity contribution in [2.24, 2.45) is 0 Å². The van der Waals surface area contributed by atoms with Crippen molar-refractivity contribution in [3.05, 3.63) is 66.5 Å². The zero-order chi connectivity index (χ0) is 14.8. The smallest absolute Gasteiger partial charge is 0.217 e. The van der Waals surface area contributed by atoms with E-state index in [0.29, 0.717) is 0 Å². The molecule has 0 spiro atoms. The molecule has 5 nitrogen and oxygen atoms in total. The minimum Gasteiger partial charge on any atom is -0.726 e. The fraction of sp³-hybridized carbons (Fsp3) is 0.0714. The lowest BCUT2D eigenvalue weighted by atomic mass is 10.2. The monoisotopic (exact) mass is 293 g/mol. The first-order valence-corrected chi connectivity index (χ1v) is 7.05. The number of hydrogen-bond donors (Lipinski definition) is 0. The lowest BCUT2D eigenvalue weighted by molar-refractivity contribution is -0.567. The highest BCUT2D eigenvalue weighted by atomic mass is 32.3. The van der Waals surface area contributed by atoms with E-state index >= 15 is 0 Å². The van der Waals surface area contributed by atoms with Gasteiger partial charge in [-0.15, -0.1) is 0 Å². The van der Waals surface area contributed by atoms with Gasteiger partial charge in [0.25, 0.3) is 0 Å². The number of benzene rings is 1. The van der Waals surface area contributed by atoms with Gasteiger partial charge in [-0.05, 0) is 5.56 Å². The highest BCUT2D eigenvalue weighted by Crippen LogP contribution is 1.99. The normalized spacial score (nSPS) is 10.9. The number of hydrogen-bond acceptors (Lipinski definition) is 4. The topological polar surface area (TPSA) is 70.3 Å². The van der Waals surface area contributed by atoms with E-state index in [1.807, 2.05) is 59.6 Å². The van der Waals surface area contributed by atoms with E-state index in [2.05, 4.69) is 22.4 Å². The first kappa shape index (κ1) is 16.0. The summed E-state index contributed by atoms with van der Waals surface area (Å²) in [5, 5.41) is 0. The quantitative estimate of drug-likeness (QED) is 0.490. The van der Waals surface area contributed by atoms with Crippen LogP contribution in [0, 0.1) is 0 Å². The predicted octanol–water partition coefficient (Wildman–Crippen LogP) is 1.70. The fourth-order valence-corrected chi connectivity index (χ4v) is 1.25. The van der Waals surface area contributed by atoms with E-state index in [4.69, 9.17) is 0 Å². The van der Waals surface area contributed by atoms with Gasteiger partial charge in [0.15, 0.2) is 18.6 Å². The van der Waals surface area contributed by atoms with Gasteiger partial charge in [-0.25, -0.2) is 8.42 Å². The van der Waals surface area contributed by atoms with Gasteiger partial charge in [0.2, 0.25) is 10.4 Å². The maximum atomic E-state index is 9.22. The molecule has 0 unspecified atom stereocenters. The van der Waals surface area contributed by atoms with Crippen molar-refractivity contribution in [3.8, 4) is 0 Å². The summed E-state index contributed by atoms with van der Waals surface area (Å²) in [5.74, 6) is 0. The van der Waals surface area contributed by atoms with Crippen LogP contribution in [0.5, 0.6) is 0 Å². The van der Waals surface area contributed by atoms with E-state index < -0.39 is 10.4 Å². The summed E-state index contributed by atoms with van der Waals surface area (Å²) in [6.07, 6.45) is 8.15. The van der Waals surface area contributed by atoms with Gasteiger partial charge in [-0.1, -0.05) is 36.4 Å². The van der Waals surface area contributed by atoms with Crippen molar-refractivity contribution in [2.45, 2.75) is 0 Å². The molecule has 0 aliphatic rings. The van der Waals surface area contributed by atoms with Crippen molar-refractivity contribution in [3.63, 3.8) is 0 Å². The molecule has 0 aliphatic carbocycles. The molecular weight excluding hydrogens is 278 g/mol. The Morgan fingerprint density at radius 2 is 1.55 bits per heavy atom. The first-order valence-electron chi connectivity index (χ1n) is 5.72. The molecule has 0 radical (unpaired) electrons. The third-order valence-electron chi connectivity index (χ3n) is 2.18. The second kappa shape index (κ2) is 8.21. The van der Waals surface area contributed by atoms with Gasteiger partial charge in [0.1, 0.15) is 0 Å². The third-order valence-corrected chi connectivity index (χ3v) is 2.59. The SMILES string of the molecule is C(=C[n+]1ccccc1)c1ccccc1.COS(=O)(=O)[O-]. The average Bonchev–Trinajstić information content (AvgIpc) is 2.47. The van der Waals surface area contributed by atoms with Crippen molar-refractivity contribution in [2.75, 3.05) is 7.11 Å². The summed E-state index contributed by atoms with van der Waals surface area (Å²) in [6.45, 7) is 0. The minimum absolute atomic E-state index is 0.808. The molecular formula is C14H15NO4S. The van der Waals surface area contributed by atoms with Crippen LogP contribution in [0.1, 0.15) is 5.56 Å². The Kier molecular flexibility index (Phi) is 6.58. The van der Waals surface area contributed by atoms with Crippen LogP contribution in [-0.2, 0) is 14.6 Å². The summed E-state index contributed by atoms with van der Waals surface area (Å²) < 4.78 is 33.0. The highest BCUT2D eigenvalue weighted by molar-refractivity contribution is 7.80. The molecule has 0 atom stereocenters. The Balaban J connectivity index is 0.000000286. The summed E-state index contributed by atoms with van der Waals surface area (Å²) in [6, 6.07) is 16.3. The zero-order valence-electron chi connectivity index (χ0n) is 10.9. The lowest BCUT2D eigenvalue weighted by Gasteiger charge is -1.98. The second-order valence-electron chi connectivity index (χ2n) is 3.62. The molecule has 0 fully saturated rings. The molecule has 106 valence electrons. The van der Waals surface area contributed by atoms with Crippen LogP contribution in [-0.4, -0.2) is 20.1 Å². The largest absolute Gasteiger partial charge is 0.726 e. The van der Waals surface area contributed by atoms with Gasteiger partial charge in [-0.2, -0.15) is 4.57 Å². The van der Waals surface area contributed by atoms with Crippen LogP contribution in [0.25, 0.3) is 12.3 Å². The molecule has 0 aliphatic heterocycles. The second-order valence-corrected chi connectivity index (χ2v) is 4.77. The third kappa shape index (κ3) is 7.42. The summed E-state index contributed by atoms with van der Waals surface area (Å²) in [7, 11) is -3.60. The van der Waals surface area contributed by atoms with Crippen LogP contribution in [0.15, 0.2) is 60.9 Å². The number of nitrogens with zero attached hydrogens (tertiary/aromatic N) is 1. The number of pyridine rings is 1. The van der Waals surface area contributed by atoms with Gasteiger partial charge in [-0.3, -0.25) is 4.18 Å². The molecule has 0 saturated carbocycles. The predicted molar refractivity (Wildman–Crippen MR) is 75.0 cm³/mol. The maximum Gasteiger partial charge on any atom is 0.217 e. The molecule has 20 heavy (non-hydrogen) atoms. The molecule has 2 aromatic rings. The van der Waals surface area contributed by atoms with E-state index in [1.54, 1.807) is 0 Å². The number of rotatable bonds is 3. The molecule has 0 saturated heterocycles. The molecule has 1 aromatic heterocycles. The fourth-order valence-electron chi connectivity index (χ4n) is 1.25. The van der Waals surface area contributed by atoms with Crippen molar-refractivity contribution >= 4 is 22.7 Å². The molecule has 6 heteroatoms. The Bertz CT molecular complexity index is 583. The first-order chi connectivity index (χ1) is 9.51. The van der Waals surface area contributed by atoms with E-state index in [1.165, 1.54) is 5.56 Å². The average molecular weight is 293 g/mol. The zero-order valence-corrected chi connectivity index (χ0v) is 11.7. The van der Waals surface area contributed by atoms with E-state index in [0.717, 1.165) is 7.11 Å². The molecule has 0 N–H and O–H groups in total. The Morgan fingerprint density at radius 3 is 2.05 bits per heavy atom. The lowest BCUT2D eigenvalue weighted by Crippen LogP contribution is -2.23. The molecule has 0 bridgehead atoms. The Morgan fingerprint density at radius 1 is 1.05 bits per heavy atom. The number of aromatic nitrogens is 1. The highest BCUT2D eigenvalue weighted by Gasteiger charge is 1.89. The molecule has 1 aromatic carbocycles. The Labute approximate surface area is 118 Å². The molecule has 0 amide bonds.